The first-order valence-corrected chi connectivity index (χ1v) is 8.37. The molecule has 2 heterocycles. The van der Waals surface area contributed by atoms with Gasteiger partial charge in [-0.05, 0) is 17.7 Å². The molecular weight excluding hydrogens is 368 g/mol. The van der Waals surface area contributed by atoms with Crippen LogP contribution in [0, 0.1) is 22.7 Å². The van der Waals surface area contributed by atoms with E-state index in [1.807, 2.05) is 24.3 Å². The van der Waals surface area contributed by atoms with E-state index in [0.29, 0.717) is 24.6 Å². The van der Waals surface area contributed by atoms with Crippen LogP contribution in [0.4, 0.5) is 5.82 Å². The summed E-state index contributed by atoms with van der Waals surface area (Å²) in [5.41, 5.74) is 1.34. The third kappa shape index (κ3) is 3.38. The Bertz CT molecular complexity index is 784. The number of benzene rings is 1. The first kappa shape index (κ1) is 16.4. The van der Waals surface area contributed by atoms with Crippen LogP contribution in [0.3, 0.4) is 0 Å². The van der Waals surface area contributed by atoms with Gasteiger partial charge in [0, 0.05) is 43.0 Å². The molecule has 0 unspecified atom stereocenters. The second kappa shape index (κ2) is 7.39. The van der Waals surface area contributed by atoms with Crippen molar-refractivity contribution in [2.75, 3.05) is 31.1 Å². The SMILES string of the molecule is N#Cc1nccnc1N1CCN([C@H](C#N)c2ccc(Br)cc2)CC1. The zero-order valence-electron chi connectivity index (χ0n) is 12.9. The van der Waals surface area contributed by atoms with Crippen molar-refractivity contribution in [1.82, 2.24) is 14.9 Å². The quantitative estimate of drug-likeness (QED) is 0.810. The molecule has 0 radical (unpaired) electrons. The van der Waals surface area contributed by atoms with Gasteiger partial charge in [-0.25, -0.2) is 9.97 Å². The van der Waals surface area contributed by atoms with Crippen molar-refractivity contribution in [3.63, 3.8) is 0 Å². The Morgan fingerprint density at radius 2 is 1.67 bits per heavy atom. The van der Waals surface area contributed by atoms with Crippen LogP contribution in [-0.2, 0) is 0 Å². The molecule has 0 bridgehead atoms. The molecule has 2 aromatic rings. The first-order chi connectivity index (χ1) is 11.7. The van der Waals surface area contributed by atoms with Gasteiger partial charge in [0.1, 0.15) is 12.1 Å². The molecule has 6 nitrogen and oxygen atoms in total. The van der Waals surface area contributed by atoms with Crippen LogP contribution < -0.4 is 4.90 Å². The largest absolute Gasteiger partial charge is 0.352 e. The summed E-state index contributed by atoms with van der Waals surface area (Å²) in [4.78, 5) is 12.6. The summed E-state index contributed by atoms with van der Waals surface area (Å²) in [6.45, 7) is 2.88. The number of aromatic nitrogens is 2. The van der Waals surface area contributed by atoms with Crippen molar-refractivity contribution < 1.29 is 0 Å². The number of hydrogen-bond acceptors (Lipinski definition) is 6. The van der Waals surface area contributed by atoms with Crippen molar-refractivity contribution in [3.05, 3.63) is 52.4 Å². The predicted molar refractivity (Wildman–Crippen MR) is 93.0 cm³/mol. The van der Waals surface area contributed by atoms with Crippen LogP contribution in [0.25, 0.3) is 0 Å². The molecule has 0 saturated carbocycles. The molecule has 1 atom stereocenters. The van der Waals surface area contributed by atoms with E-state index in [1.165, 1.54) is 6.20 Å². The first-order valence-electron chi connectivity index (χ1n) is 7.58. The fourth-order valence-corrected chi connectivity index (χ4v) is 3.11. The molecular formula is C17H15BrN6. The maximum atomic E-state index is 9.58. The van der Waals surface area contributed by atoms with Crippen molar-refractivity contribution >= 4 is 21.7 Å². The molecule has 1 fully saturated rings. The van der Waals surface area contributed by atoms with Crippen LogP contribution in [0.15, 0.2) is 41.1 Å². The zero-order chi connectivity index (χ0) is 16.9. The Labute approximate surface area is 149 Å². The zero-order valence-corrected chi connectivity index (χ0v) is 14.5. The lowest BCUT2D eigenvalue weighted by Crippen LogP contribution is -2.48. The lowest BCUT2D eigenvalue weighted by molar-refractivity contribution is 0.221. The Morgan fingerprint density at radius 1 is 1.00 bits per heavy atom. The van der Waals surface area contributed by atoms with Gasteiger partial charge in [0.2, 0.25) is 0 Å². The summed E-state index contributed by atoms with van der Waals surface area (Å²) >= 11 is 3.42. The second-order valence-corrected chi connectivity index (χ2v) is 6.36. The van der Waals surface area contributed by atoms with Gasteiger partial charge in [-0.3, -0.25) is 4.90 Å². The average Bonchev–Trinajstić information content (AvgIpc) is 2.64. The minimum absolute atomic E-state index is 0.266. The lowest BCUT2D eigenvalue weighted by atomic mass is 10.1. The molecule has 0 spiro atoms. The third-order valence-electron chi connectivity index (χ3n) is 4.07. The Kier molecular flexibility index (Phi) is 5.05. The summed E-state index contributed by atoms with van der Waals surface area (Å²) in [5.74, 6) is 0.622. The van der Waals surface area contributed by atoms with Crippen LogP contribution in [0.5, 0.6) is 0 Å². The summed E-state index contributed by atoms with van der Waals surface area (Å²) in [6.07, 6.45) is 3.13. The molecule has 1 aromatic carbocycles. The van der Waals surface area contributed by atoms with E-state index in [2.05, 4.69) is 47.8 Å². The highest BCUT2D eigenvalue weighted by Gasteiger charge is 2.26. The topological polar surface area (TPSA) is 79.8 Å². The minimum atomic E-state index is -0.266. The molecule has 1 saturated heterocycles. The Morgan fingerprint density at radius 3 is 2.29 bits per heavy atom. The standard InChI is InChI=1S/C17H15BrN6/c18-14-3-1-13(2-4-14)16(12-20)23-7-9-24(10-8-23)17-15(11-19)21-5-6-22-17/h1-6,16H,7-10H2/t16-/m1/s1. The van der Waals surface area contributed by atoms with Gasteiger partial charge in [0.15, 0.2) is 11.5 Å². The van der Waals surface area contributed by atoms with Crippen molar-refractivity contribution in [1.29, 1.82) is 10.5 Å². The summed E-state index contributed by atoms with van der Waals surface area (Å²) in [7, 11) is 0. The van der Waals surface area contributed by atoms with E-state index in [1.54, 1.807) is 6.20 Å². The number of halogens is 1. The van der Waals surface area contributed by atoms with Crippen LogP contribution in [-0.4, -0.2) is 41.0 Å². The fraction of sp³-hybridized carbons (Fsp3) is 0.294. The van der Waals surface area contributed by atoms with Gasteiger partial charge >= 0.3 is 0 Å². The normalized spacial score (nSPS) is 16.2. The summed E-state index contributed by atoms with van der Waals surface area (Å²) in [6, 6.07) is 12.1. The van der Waals surface area contributed by atoms with Crippen LogP contribution in [0.1, 0.15) is 17.3 Å². The third-order valence-corrected chi connectivity index (χ3v) is 4.60. The monoisotopic (exact) mass is 382 g/mol. The number of rotatable bonds is 3. The van der Waals surface area contributed by atoms with Gasteiger partial charge in [-0.1, -0.05) is 28.1 Å². The molecule has 1 aliphatic rings. The van der Waals surface area contributed by atoms with Crippen LogP contribution in [0.2, 0.25) is 0 Å². The van der Waals surface area contributed by atoms with Gasteiger partial charge < -0.3 is 4.90 Å². The highest BCUT2D eigenvalue weighted by molar-refractivity contribution is 9.10. The van der Waals surface area contributed by atoms with E-state index < -0.39 is 0 Å². The van der Waals surface area contributed by atoms with Crippen LogP contribution >= 0.6 is 15.9 Å². The van der Waals surface area contributed by atoms with Crippen molar-refractivity contribution in [2.24, 2.45) is 0 Å². The molecule has 0 N–H and O–H groups in total. The second-order valence-electron chi connectivity index (χ2n) is 5.45. The minimum Gasteiger partial charge on any atom is -0.352 e. The van der Waals surface area contributed by atoms with Crippen molar-refractivity contribution in [2.45, 2.75) is 6.04 Å². The van der Waals surface area contributed by atoms with Crippen molar-refractivity contribution in [3.8, 4) is 12.1 Å². The number of hydrogen-bond donors (Lipinski definition) is 0. The van der Waals surface area contributed by atoms with Gasteiger partial charge in [-0.15, -0.1) is 0 Å². The molecule has 0 aliphatic carbocycles. The van der Waals surface area contributed by atoms with Gasteiger partial charge in [0.05, 0.1) is 6.07 Å². The Hall–Kier alpha value is -2.48. The molecule has 24 heavy (non-hydrogen) atoms. The van der Waals surface area contributed by atoms with Gasteiger partial charge in [0.25, 0.3) is 0 Å². The molecule has 120 valence electrons. The van der Waals surface area contributed by atoms with E-state index in [0.717, 1.165) is 23.1 Å². The smallest absolute Gasteiger partial charge is 0.183 e. The summed E-state index contributed by atoms with van der Waals surface area (Å²) < 4.78 is 0.999. The van der Waals surface area contributed by atoms with Gasteiger partial charge in [-0.2, -0.15) is 10.5 Å². The molecule has 1 aliphatic heterocycles. The number of nitriles is 2. The van der Waals surface area contributed by atoms with E-state index in [9.17, 15) is 5.26 Å². The fourth-order valence-electron chi connectivity index (χ4n) is 2.84. The highest BCUT2D eigenvalue weighted by atomic mass is 79.9. The average molecular weight is 383 g/mol. The number of nitrogens with zero attached hydrogens (tertiary/aromatic N) is 6. The molecule has 1 aromatic heterocycles. The summed E-state index contributed by atoms with van der Waals surface area (Å²) in [5, 5.41) is 18.7. The van der Waals surface area contributed by atoms with E-state index >= 15 is 0 Å². The number of anilines is 1. The molecule has 7 heteroatoms. The predicted octanol–water partition coefficient (Wildman–Crippen LogP) is 2.50. The Balaban J connectivity index is 1.71. The maximum absolute atomic E-state index is 9.58. The maximum Gasteiger partial charge on any atom is 0.183 e. The van der Waals surface area contributed by atoms with E-state index in [4.69, 9.17) is 5.26 Å². The molecule has 0 amide bonds. The molecule has 3 rings (SSSR count). The lowest BCUT2D eigenvalue weighted by Gasteiger charge is -2.37. The number of piperazine rings is 1. The van der Waals surface area contributed by atoms with E-state index in [-0.39, 0.29) is 6.04 Å². The highest BCUT2D eigenvalue weighted by Crippen LogP contribution is 2.25.